The van der Waals surface area contributed by atoms with E-state index >= 15 is 0 Å². The van der Waals surface area contributed by atoms with Gasteiger partial charge in [0.1, 0.15) is 18.1 Å². The van der Waals surface area contributed by atoms with E-state index in [4.69, 9.17) is 9.47 Å². The molecule has 1 aliphatic heterocycles. The lowest BCUT2D eigenvalue weighted by atomic mass is 9.92. The van der Waals surface area contributed by atoms with Crippen LogP contribution in [0.2, 0.25) is 0 Å². The molecule has 2 aromatic carbocycles. The predicted octanol–water partition coefficient (Wildman–Crippen LogP) is 5.71. The lowest BCUT2D eigenvalue weighted by molar-refractivity contribution is 0.189. The zero-order valence-corrected chi connectivity index (χ0v) is 15.3. The van der Waals surface area contributed by atoms with Crippen LogP contribution in [0.15, 0.2) is 43.5 Å². The van der Waals surface area contributed by atoms with Crippen LogP contribution in [0.4, 0.5) is 0 Å². The minimum Gasteiger partial charge on any atom is -0.490 e. The van der Waals surface area contributed by atoms with E-state index in [-0.39, 0.29) is 0 Å². The number of ether oxygens (including phenoxy) is 2. The van der Waals surface area contributed by atoms with Crippen molar-refractivity contribution < 1.29 is 9.47 Å². The van der Waals surface area contributed by atoms with Gasteiger partial charge < -0.3 is 9.47 Å². The van der Waals surface area contributed by atoms with E-state index in [1.165, 1.54) is 27.8 Å². The molecule has 1 heterocycles. The third-order valence-corrected chi connectivity index (χ3v) is 4.66. The van der Waals surface area contributed by atoms with E-state index in [1.54, 1.807) is 0 Å². The fourth-order valence-corrected chi connectivity index (χ4v) is 3.17. The molecule has 0 amide bonds. The summed E-state index contributed by atoms with van der Waals surface area (Å²) in [5, 5.41) is 0. The van der Waals surface area contributed by atoms with E-state index in [1.807, 2.05) is 18.2 Å². The van der Waals surface area contributed by atoms with Crippen LogP contribution in [0, 0.1) is 20.8 Å². The zero-order chi connectivity index (χ0) is 17.7. The number of rotatable bonds is 3. The summed E-state index contributed by atoms with van der Waals surface area (Å²) in [7, 11) is 0. The van der Waals surface area contributed by atoms with Crippen LogP contribution in [-0.4, -0.2) is 6.10 Å². The molecule has 0 saturated heterocycles. The van der Waals surface area contributed by atoms with E-state index < -0.39 is 0 Å². The molecule has 0 saturated carbocycles. The molecule has 2 heteroatoms. The maximum absolute atomic E-state index is 6.17. The molecule has 2 aromatic rings. The quantitative estimate of drug-likeness (QED) is 0.674. The van der Waals surface area contributed by atoms with Gasteiger partial charge in [-0.1, -0.05) is 30.3 Å². The van der Waals surface area contributed by atoms with Gasteiger partial charge in [0.05, 0.1) is 6.10 Å². The molecule has 1 atom stereocenters. The normalized spacial score (nSPS) is 15.6. The summed E-state index contributed by atoms with van der Waals surface area (Å²) in [5.41, 5.74) is 6.17. The van der Waals surface area contributed by atoms with Crippen molar-refractivity contribution >= 4 is 0 Å². The topological polar surface area (TPSA) is 18.5 Å². The van der Waals surface area contributed by atoms with Crippen molar-refractivity contribution in [3.05, 3.63) is 71.3 Å². The molecule has 0 spiro atoms. The Bertz CT molecular complexity index is 689. The number of hydrogen-bond acceptors (Lipinski definition) is 2. The maximum atomic E-state index is 6.17. The van der Waals surface area contributed by atoms with Crippen LogP contribution in [-0.2, 0) is 13.0 Å². The first-order chi connectivity index (χ1) is 11.6. The highest BCUT2D eigenvalue weighted by atomic mass is 16.5. The lowest BCUT2D eigenvalue weighted by Gasteiger charge is -2.29. The molecule has 24 heavy (non-hydrogen) atoms. The van der Waals surface area contributed by atoms with Gasteiger partial charge in [0.15, 0.2) is 0 Å². The summed E-state index contributed by atoms with van der Waals surface area (Å²) in [4.78, 5) is 0. The minimum atomic E-state index is 0.307. The van der Waals surface area contributed by atoms with Crippen molar-refractivity contribution in [3.8, 4) is 11.5 Å². The molecule has 0 aliphatic carbocycles. The second-order valence-electron chi connectivity index (χ2n) is 6.25. The summed E-state index contributed by atoms with van der Waals surface area (Å²) < 4.78 is 12.3. The van der Waals surface area contributed by atoms with Crippen LogP contribution in [0.25, 0.3) is 0 Å². The standard InChI is InChI=1S/C20H24O2.C2H4/c1-13-10-11-18-16(4)19(14(2)15(3)20(18)22-13)21-12-17-8-6-5-7-9-17;1-2/h5-9,13H,10-12H2,1-4H3;1-2H2. The summed E-state index contributed by atoms with van der Waals surface area (Å²) >= 11 is 0. The van der Waals surface area contributed by atoms with Gasteiger partial charge in [-0.2, -0.15) is 0 Å². The molecule has 1 unspecified atom stereocenters. The van der Waals surface area contributed by atoms with Crippen molar-refractivity contribution in [1.29, 1.82) is 0 Å². The average Bonchev–Trinajstić information content (AvgIpc) is 2.62. The highest BCUT2D eigenvalue weighted by Crippen LogP contribution is 2.41. The predicted molar refractivity (Wildman–Crippen MR) is 101 cm³/mol. The molecule has 1 aliphatic rings. The molecule has 128 valence electrons. The van der Waals surface area contributed by atoms with E-state index in [9.17, 15) is 0 Å². The molecule has 0 radical (unpaired) electrons. The fourth-order valence-electron chi connectivity index (χ4n) is 3.17. The van der Waals surface area contributed by atoms with Crippen molar-refractivity contribution in [2.75, 3.05) is 0 Å². The van der Waals surface area contributed by atoms with E-state index in [0.29, 0.717) is 12.7 Å². The third-order valence-electron chi connectivity index (χ3n) is 4.66. The molecule has 0 N–H and O–H groups in total. The molecule has 2 nitrogen and oxygen atoms in total. The monoisotopic (exact) mass is 324 g/mol. The van der Waals surface area contributed by atoms with Crippen molar-refractivity contribution in [2.45, 2.75) is 53.2 Å². The first kappa shape index (κ1) is 18.1. The van der Waals surface area contributed by atoms with E-state index in [0.717, 1.165) is 24.3 Å². The van der Waals surface area contributed by atoms with Crippen LogP contribution in [0.1, 0.15) is 41.2 Å². The molecule has 0 aromatic heterocycles. The largest absolute Gasteiger partial charge is 0.490 e. The third kappa shape index (κ3) is 3.64. The number of fused-ring (bicyclic) bond motifs is 1. The van der Waals surface area contributed by atoms with Gasteiger partial charge in [0, 0.05) is 5.56 Å². The van der Waals surface area contributed by atoms with Crippen molar-refractivity contribution in [2.24, 2.45) is 0 Å². The van der Waals surface area contributed by atoms with Crippen LogP contribution in [0.3, 0.4) is 0 Å². The molecule has 0 bridgehead atoms. The minimum absolute atomic E-state index is 0.307. The van der Waals surface area contributed by atoms with Gasteiger partial charge in [0.2, 0.25) is 0 Å². The molecule has 0 fully saturated rings. The van der Waals surface area contributed by atoms with Crippen LogP contribution in [0.5, 0.6) is 11.5 Å². The Morgan fingerprint density at radius 1 is 1.04 bits per heavy atom. The van der Waals surface area contributed by atoms with Crippen LogP contribution < -0.4 is 9.47 Å². The van der Waals surface area contributed by atoms with Crippen LogP contribution >= 0.6 is 0 Å². The molecule has 3 rings (SSSR count). The maximum Gasteiger partial charge on any atom is 0.126 e. The van der Waals surface area contributed by atoms with Crippen molar-refractivity contribution in [3.63, 3.8) is 0 Å². The Morgan fingerprint density at radius 3 is 2.38 bits per heavy atom. The summed E-state index contributed by atoms with van der Waals surface area (Å²) in [6.07, 6.45) is 2.46. The Kier molecular flexibility index (Phi) is 6.08. The number of hydrogen-bond donors (Lipinski definition) is 0. The average molecular weight is 324 g/mol. The zero-order valence-electron chi connectivity index (χ0n) is 15.3. The Morgan fingerprint density at radius 2 is 1.71 bits per heavy atom. The second kappa shape index (κ2) is 8.05. The van der Waals surface area contributed by atoms with E-state index in [2.05, 4.69) is 53.0 Å². The van der Waals surface area contributed by atoms with Gasteiger partial charge in [-0.25, -0.2) is 0 Å². The Labute approximate surface area is 146 Å². The van der Waals surface area contributed by atoms with Gasteiger partial charge in [-0.3, -0.25) is 0 Å². The van der Waals surface area contributed by atoms with Crippen molar-refractivity contribution in [1.82, 2.24) is 0 Å². The summed E-state index contributed by atoms with van der Waals surface area (Å²) in [6.45, 7) is 15.2. The van der Waals surface area contributed by atoms with Gasteiger partial charge in [-0.15, -0.1) is 13.2 Å². The summed E-state index contributed by atoms with van der Waals surface area (Å²) in [5.74, 6) is 2.11. The molecular weight excluding hydrogens is 296 g/mol. The number of benzene rings is 2. The Balaban J connectivity index is 0.00000100. The fraction of sp³-hybridized carbons (Fsp3) is 0.364. The summed E-state index contributed by atoms with van der Waals surface area (Å²) in [6, 6.07) is 10.3. The first-order valence-corrected chi connectivity index (χ1v) is 8.54. The van der Waals surface area contributed by atoms with Gasteiger partial charge in [0.25, 0.3) is 0 Å². The highest BCUT2D eigenvalue weighted by Gasteiger charge is 2.24. The smallest absolute Gasteiger partial charge is 0.126 e. The first-order valence-electron chi connectivity index (χ1n) is 8.54. The lowest BCUT2D eigenvalue weighted by Crippen LogP contribution is -2.21. The highest BCUT2D eigenvalue weighted by molar-refractivity contribution is 5.58. The van der Waals surface area contributed by atoms with Gasteiger partial charge >= 0.3 is 0 Å². The van der Waals surface area contributed by atoms with Gasteiger partial charge in [-0.05, 0) is 62.8 Å². The molecular formula is C22H28O2. The SMILES string of the molecule is C=C.Cc1c(C)c2c(c(C)c1OCc1ccccc1)CCC(C)O2. The second-order valence-corrected chi connectivity index (χ2v) is 6.25. The Hall–Kier alpha value is -2.22.